The van der Waals surface area contributed by atoms with Gasteiger partial charge >= 0.3 is 0 Å². The summed E-state index contributed by atoms with van der Waals surface area (Å²) in [6.45, 7) is 0.532. The zero-order chi connectivity index (χ0) is 15.1. The summed E-state index contributed by atoms with van der Waals surface area (Å²) in [7, 11) is 0. The van der Waals surface area contributed by atoms with E-state index in [0.717, 1.165) is 10.2 Å². The van der Waals surface area contributed by atoms with Crippen LogP contribution >= 0.6 is 27.7 Å². The van der Waals surface area contributed by atoms with Crippen molar-refractivity contribution in [3.8, 4) is 0 Å². The number of benzene rings is 1. The van der Waals surface area contributed by atoms with E-state index in [1.807, 2.05) is 6.07 Å². The first kappa shape index (κ1) is 16.0. The zero-order valence-electron chi connectivity index (χ0n) is 11.2. The number of hydrogen-bond donors (Lipinski definition) is 1. The lowest BCUT2D eigenvalue weighted by atomic mass is 10.2. The standard InChI is InChI=1S/C15H14BrFN2OS/c16-13-7-12(8-18-9-13)15(20)19-5-6-21-10-11-3-1-2-4-14(11)17/h1-4,7-9H,5-6,10H2,(H,19,20). The zero-order valence-corrected chi connectivity index (χ0v) is 13.6. The largest absolute Gasteiger partial charge is 0.351 e. The number of halogens is 2. The third-order valence-electron chi connectivity index (χ3n) is 2.71. The molecule has 1 heterocycles. The normalized spacial score (nSPS) is 10.4. The highest BCUT2D eigenvalue weighted by Crippen LogP contribution is 2.15. The molecular weight excluding hydrogens is 355 g/mol. The molecule has 3 nitrogen and oxygen atoms in total. The SMILES string of the molecule is O=C(NCCSCc1ccccc1F)c1cncc(Br)c1. The van der Waals surface area contributed by atoms with Crippen molar-refractivity contribution in [3.05, 3.63) is 64.1 Å². The fourth-order valence-corrected chi connectivity index (χ4v) is 2.88. The smallest absolute Gasteiger partial charge is 0.252 e. The number of carbonyl (C=O) groups excluding carboxylic acids is 1. The van der Waals surface area contributed by atoms with Crippen LogP contribution in [-0.4, -0.2) is 23.2 Å². The number of thioether (sulfide) groups is 1. The third kappa shape index (κ3) is 5.13. The summed E-state index contributed by atoms with van der Waals surface area (Å²) in [5.74, 6) is 0.979. The molecule has 6 heteroatoms. The monoisotopic (exact) mass is 368 g/mol. The van der Waals surface area contributed by atoms with Gasteiger partial charge in [0.2, 0.25) is 0 Å². The molecule has 110 valence electrons. The minimum absolute atomic E-state index is 0.157. The Labute approximate surface area is 135 Å². The maximum absolute atomic E-state index is 13.4. The Hall–Kier alpha value is -1.40. The number of nitrogens with one attached hydrogen (secondary N) is 1. The van der Waals surface area contributed by atoms with Crippen LogP contribution in [-0.2, 0) is 5.75 Å². The Morgan fingerprint density at radius 2 is 2.14 bits per heavy atom. The predicted molar refractivity (Wildman–Crippen MR) is 86.8 cm³/mol. The minimum atomic E-state index is -0.186. The second kappa shape index (κ2) is 8.14. The van der Waals surface area contributed by atoms with Crippen LogP contribution in [0.5, 0.6) is 0 Å². The van der Waals surface area contributed by atoms with E-state index >= 15 is 0 Å². The van der Waals surface area contributed by atoms with Crippen molar-refractivity contribution in [3.63, 3.8) is 0 Å². The van der Waals surface area contributed by atoms with E-state index in [9.17, 15) is 9.18 Å². The van der Waals surface area contributed by atoms with Crippen molar-refractivity contribution in [1.82, 2.24) is 10.3 Å². The minimum Gasteiger partial charge on any atom is -0.351 e. The van der Waals surface area contributed by atoms with Crippen molar-refractivity contribution >= 4 is 33.6 Å². The molecule has 1 aromatic heterocycles. The average molecular weight is 369 g/mol. The molecule has 2 aromatic rings. The van der Waals surface area contributed by atoms with Crippen molar-refractivity contribution in [1.29, 1.82) is 0 Å². The molecule has 21 heavy (non-hydrogen) atoms. The Balaban J connectivity index is 1.70. The van der Waals surface area contributed by atoms with Crippen LogP contribution in [0, 0.1) is 5.82 Å². The first-order chi connectivity index (χ1) is 10.2. The number of rotatable bonds is 6. The van der Waals surface area contributed by atoms with Crippen LogP contribution in [0.1, 0.15) is 15.9 Å². The lowest BCUT2D eigenvalue weighted by Gasteiger charge is -2.06. The number of amides is 1. The molecule has 0 aliphatic carbocycles. The lowest BCUT2D eigenvalue weighted by molar-refractivity contribution is 0.0955. The molecule has 0 aliphatic heterocycles. The molecular formula is C15H14BrFN2OS. The number of carbonyl (C=O) groups is 1. The molecule has 0 atom stereocenters. The van der Waals surface area contributed by atoms with E-state index in [-0.39, 0.29) is 11.7 Å². The van der Waals surface area contributed by atoms with E-state index < -0.39 is 0 Å². The van der Waals surface area contributed by atoms with Crippen molar-refractivity contribution in [2.75, 3.05) is 12.3 Å². The van der Waals surface area contributed by atoms with Gasteiger partial charge in [0.15, 0.2) is 0 Å². The number of pyridine rings is 1. The second-order valence-corrected chi connectivity index (χ2v) is 6.31. The molecule has 0 bridgehead atoms. The quantitative estimate of drug-likeness (QED) is 0.791. The summed E-state index contributed by atoms with van der Waals surface area (Å²) >= 11 is 4.86. The maximum Gasteiger partial charge on any atom is 0.252 e. The molecule has 0 unspecified atom stereocenters. The van der Waals surface area contributed by atoms with Crippen LogP contribution in [0.2, 0.25) is 0 Å². The molecule has 0 radical (unpaired) electrons. The topological polar surface area (TPSA) is 42.0 Å². The van der Waals surface area contributed by atoms with Gasteiger partial charge in [0.05, 0.1) is 5.56 Å². The Kier molecular flexibility index (Phi) is 6.20. The molecule has 0 saturated heterocycles. The highest BCUT2D eigenvalue weighted by molar-refractivity contribution is 9.10. The van der Waals surface area contributed by atoms with Gasteiger partial charge in [0, 0.05) is 34.9 Å². The molecule has 1 amide bonds. The summed E-state index contributed by atoms with van der Waals surface area (Å²) in [6, 6.07) is 8.44. The second-order valence-electron chi connectivity index (χ2n) is 4.29. The summed E-state index contributed by atoms with van der Waals surface area (Å²) in [5, 5.41) is 2.81. The van der Waals surface area contributed by atoms with Gasteiger partial charge in [-0.15, -0.1) is 0 Å². The van der Waals surface area contributed by atoms with E-state index in [4.69, 9.17) is 0 Å². The predicted octanol–water partition coefficient (Wildman–Crippen LogP) is 3.65. The van der Waals surface area contributed by atoms with Gasteiger partial charge in [0.1, 0.15) is 5.82 Å². The molecule has 0 aliphatic rings. The fourth-order valence-electron chi connectivity index (χ4n) is 1.67. The van der Waals surface area contributed by atoms with Gasteiger partial charge in [-0.2, -0.15) is 11.8 Å². The molecule has 0 saturated carbocycles. The number of nitrogens with zero attached hydrogens (tertiary/aromatic N) is 1. The van der Waals surface area contributed by atoms with E-state index in [2.05, 4.69) is 26.2 Å². The summed E-state index contributed by atoms with van der Waals surface area (Å²) in [5.41, 5.74) is 1.20. The Morgan fingerprint density at radius 1 is 1.33 bits per heavy atom. The van der Waals surface area contributed by atoms with Crippen LogP contribution in [0.15, 0.2) is 47.2 Å². The molecule has 0 spiro atoms. The van der Waals surface area contributed by atoms with Crippen LogP contribution in [0.4, 0.5) is 4.39 Å². The first-order valence-electron chi connectivity index (χ1n) is 6.36. The fraction of sp³-hybridized carbons (Fsp3) is 0.200. The summed E-state index contributed by atoms with van der Waals surface area (Å²) in [6.07, 6.45) is 3.15. The van der Waals surface area contributed by atoms with Gasteiger partial charge in [-0.3, -0.25) is 9.78 Å². The number of hydrogen-bond acceptors (Lipinski definition) is 3. The van der Waals surface area contributed by atoms with Crippen LogP contribution in [0.25, 0.3) is 0 Å². The highest BCUT2D eigenvalue weighted by Gasteiger charge is 2.06. The van der Waals surface area contributed by atoms with E-state index in [0.29, 0.717) is 23.4 Å². The first-order valence-corrected chi connectivity index (χ1v) is 8.31. The summed E-state index contributed by atoms with van der Waals surface area (Å²) in [4.78, 5) is 15.8. The summed E-state index contributed by atoms with van der Waals surface area (Å²) < 4.78 is 14.2. The van der Waals surface area contributed by atoms with Crippen molar-refractivity contribution in [2.45, 2.75) is 5.75 Å². The maximum atomic E-state index is 13.4. The number of aromatic nitrogens is 1. The molecule has 1 N–H and O–H groups in total. The average Bonchev–Trinajstić information content (AvgIpc) is 2.48. The van der Waals surface area contributed by atoms with E-state index in [1.165, 1.54) is 12.3 Å². The van der Waals surface area contributed by atoms with Gasteiger partial charge < -0.3 is 5.32 Å². The third-order valence-corrected chi connectivity index (χ3v) is 4.16. The van der Waals surface area contributed by atoms with Crippen LogP contribution < -0.4 is 5.32 Å². The Morgan fingerprint density at radius 3 is 2.90 bits per heavy atom. The van der Waals surface area contributed by atoms with E-state index in [1.54, 1.807) is 36.2 Å². The lowest BCUT2D eigenvalue weighted by Crippen LogP contribution is -2.25. The highest BCUT2D eigenvalue weighted by atomic mass is 79.9. The molecule has 0 fully saturated rings. The Bertz CT molecular complexity index is 624. The van der Waals surface area contributed by atoms with Crippen molar-refractivity contribution < 1.29 is 9.18 Å². The van der Waals surface area contributed by atoms with Gasteiger partial charge in [-0.25, -0.2) is 4.39 Å². The van der Waals surface area contributed by atoms with Gasteiger partial charge in [0.25, 0.3) is 5.91 Å². The van der Waals surface area contributed by atoms with Crippen molar-refractivity contribution in [2.24, 2.45) is 0 Å². The van der Waals surface area contributed by atoms with Gasteiger partial charge in [-0.1, -0.05) is 18.2 Å². The van der Waals surface area contributed by atoms with Crippen LogP contribution in [0.3, 0.4) is 0 Å². The van der Waals surface area contributed by atoms with Gasteiger partial charge in [-0.05, 0) is 33.6 Å². The molecule has 1 aromatic carbocycles. The molecule has 2 rings (SSSR count).